The molecule has 142 valence electrons. The molecule has 1 rings (SSSR count). The molecule has 0 aliphatic heterocycles. The van der Waals surface area contributed by atoms with E-state index in [0.717, 1.165) is 30.8 Å². The Bertz CT molecular complexity index is 525. The van der Waals surface area contributed by atoms with Gasteiger partial charge in [-0.15, -0.1) is 0 Å². The standard InChI is InChI=1S/C19H31NO5/c1-19(2,3)25-18(21)20-11-13-24-12-7-6-8-15-9-10-16(22-4)17(14-15)23-5/h9-10,14H,6-8,11-13H2,1-5H3,(H,20,21). The topological polar surface area (TPSA) is 66.0 Å². The van der Waals surface area contributed by atoms with E-state index in [0.29, 0.717) is 19.8 Å². The normalized spacial score (nSPS) is 11.1. The Morgan fingerprint density at radius 3 is 2.40 bits per heavy atom. The molecule has 0 atom stereocenters. The molecular formula is C19H31NO5. The average Bonchev–Trinajstić information content (AvgIpc) is 2.55. The van der Waals surface area contributed by atoms with Gasteiger partial charge in [-0.2, -0.15) is 0 Å². The molecule has 0 fully saturated rings. The highest BCUT2D eigenvalue weighted by Crippen LogP contribution is 2.28. The van der Waals surface area contributed by atoms with E-state index in [9.17, 15) is 4.79 Å². The molecule has 1 N–H and O–H groups in total. The number of aryl methyl sites for hydroxylation is 1. The van der Waals surface area contributed by atoms with Gasteiger partial charge in [-0.25, -0.2) is 4.79 Å². The molecule has 1 aromatic carbocycles. The Morgan fingerprint density at radius 2 is 1.76 bits per heavy atom. The summed E-state index contributed by atoms with van der Waals surface area (Å²) < 4.78 is 21.2. The Balaban J connectivity index is 2.10. The third-order valence-electron chi connectivity index (χ3n) is 3.37. The molecule has 0 aliphatic carbocycles. The molecule has 6 heteroatoms. The van der Waals surface area contributed by atoms with Gasteiger partial charge in [0.05, 0.1) is 20.8 Å². The van der Waals surface area contributed by atoms with Crippen molar-refractivity contribution in [3.05, 3.63) is 23.8 Å². The molecule has 0 heterocycles. The molecular weight excluding hydrogens is 322 g/mol. The van der Waals surface area contributed by atoms with Gasteiger partial charge in [0, 0.05) is 13.2 Å². The molecule has 0 radical (unpaired) electrons. The summed E-state index contributed by atoms with van der Waals surface area (Å²) in [6.45, 7) is 7.11. The van der Waals surface area contributed by atoms with Crippen molar-refractivity contribution in [2.75, 3.05) is 34.0 Å². The van der Waals surface area contributed by atoms with E-state index in [4.69, 9.17) is 18.9 Å². The summed E-state index contributed by atoms with van der Waals surface area (Å²) in [6, 6.07) is 5.98. The van der Waals surface area contributed by atoms with Crippen LogP contribution in [-0.4, -0.2) is 45.7 Å². The quantitative estimate of drug-likeness (QED) is 0.652. The van der Waals surface area contributed by atoms with Crippen molar-refractivity contribution in [3.8, 4) is 11.5 Å². The predicted molar refractivity (Wildman–Crippen MR) is 97.5 cm³/mol. The summed E-state index contributed by atoms with van der Waals surface area (Å²) in [6.07, 6.45) is 2.53. The van der Waals surface area contributed by atoms with Gasteiger partial charge in [0.2, 0.25) is 0 Å². The van der Waals surface area contributed by atoms with Crippen LogP contribution in [0.15, 0.2) is 18.2 Å². The first kappa shape index (κ1) is 21.1. The summed E-state index contributed by atoms with van der Waals surface area (Å²) in [5, 5.41) is 2.67. The third-order valence-corrected chi connectivity index (χ3v) is 3.37. The number of carbonyl (C=O) groups excluding carboxylic acids is 1. The molecule has 0 saturated heterocycles. The molecule has 0 saturated carbocycles. The van der Waals surface area contributed by atoms with Gasteiger partial charge >= 0.3 is 6.09 Å². The number of amides is 1. The fourth-order valence-corrected chi connectivity index (χ4v) is 2.21. The van der Waals surface area contributed by atoms with Crippen LogP contribution in [0.4, 0.5) is 4.79 Å². The lowest BCUT2D eigenvalue weighted by Gasteiger charge is -2.19. The van der Waals surface area contributed by atoms with E-state index >= 15 is 0 Å². The highest BCUT2D eigenvalue weighted by Gasteiger charge is 2.15. The summed E-state index contributed by atoms with van der Waals surface area (Å²) >= 11 is 0. The van der Waals surface area contributed by atoms with E-state index in [1.165, 1.54) is 5.56 Å². The minimum Gasteiger partial charge on any atom is -0.493 e. The maximum absolute atomic E-state index is 11.4. The van der Waals surface area contributed by atoms with Crippen LogP contribution in [-0.2, 0) is 15.9 Å². The maximum atomic E-state index is 11.4. The van der Waals surface area contributed by atoms with Gasteiger partial charge in [0.1, 0.15) is 5.60 Å². The van der Waals surface area contributed by atoms with Crippen LogP contribution < -0.4 is 14.8 Å². The monoisotopic (exact) mass is 353 g/mol. The highest BCUT2D eigenvalue weighted by atomic mass is 16.6. The van der Waals surface area contributed by atoms with Crippen LogP contribution >= 0.6 is 0 Å². The number of ether oxygens (including phenoxy) is 4. The number of nitrogens with one attached hydrogen (secondary N) is 1. The van der Waals surface area contributed by atoms with E-state index in [1.54, 1.807) is 14.2 Å². The fourth-order valence-electron chi connectivity index (χ4n) is 2.21. The van der Waals surface area contributed by atoms with Crippen molar-refractivity contribution in [1.29, 1.82) is 0 Å². The van der Waals surface area contributed by atoms with Gasteiger partial charge in [-0.3, -0.25) is 0 Å². The smallest absolute Gasteiger partial charge is 0.407 e. The van der Waals surface area contributed by atoms with Gasteiger partial charge in [0.15, 0.2) is 11.5 Å². The molecule has 1 amide bonds. The van der Waals surface area contributed by atoms with Crippen molar-refractivity contribution in [2.24, 2.45) is 0 Å². The Kier molecular flexibility index (Phi) is 9.13. The van der Waals surface area contributed by atoms with E-state index in [1.807, 2.05) is 39.0 Å². The first-order valence-electron chi connectivity index (χ1n) is 8.61. The van der Waals surface area contributed by atoms with Crippen molar-refractivity contribution in [3.63, 3.8) is 0 Å². The van der Waals surface area contributed by atoms with E-state index < -0.39 is 11.7 Å². The minimum absolute atomic E-state index is 0.412. The number of methoxy groups -OCH3 is 2. The largest absolute Gasteiger partial charge is 0.493 e. The van der Waals surface area contributed by atoms with E-state index in [2.05, 4.69) is 5.32 Å². The molecule has 0 aliphatic rings. The molecule has 6 nitrogen and oxygen atoms in total. The summed E-state index contributed by atoms with van der Waals surface area (Å²) in [4.78, 5) is 11.4. The number of alkyl carbamates (subject to hydrolysis) is 1. The van der Waals surface area contributed by atoms with Crippen molar-refractivity contribution in [1.82, 2.24) is 5.32 Å². The van der Waals surface area contributed by atoms with Crippen molar-refractivity contribution in [2.45, 2.75) is 45.6 Å². The molecule has 25 heavy (non-hydrogen) atoms. The van der Waals surface area contributed by atoms with Crippen LogP contribution in [0.25, 0.3) is 0 Å². The zero-order valence-corrected chi connectivity index (χ0v) is 16.0. The predicted octanol–water partition coefficient (Wildman–Crippen LogP) is 3.57. The Hall–Kier alpha value is -1.95. The van der Waals surface area contributed by atoms with E-state index in [-0.39, 0.29) is 0 Å². The number of rotatable bonds is 10. The van der Waals surface area contributed by atoms with Crippen LogP contribution in [0.1, 0.15) is 39.2 Å². The van der Waals surface area contributed by atoms with Crippen LogP contribution in [0, 0.1) is 0 Å². The van der Waals surface area contributed by atoms with Gasteiger partial charge in [-0.1, -0.05) is 6.07 Å². The lowest BCUT2D eigenvalue weighted by Crippen LogP contribution is -2.34. The molecule has 0 spiro atoms. The van der Waals surface area contributed by atoms with Crippen molar-refractivity contribution >= 4 is 6.09 Å². The second-order valence-electron chi connectivity index (χ2n) is 6.69. The number of benzene rings is 1. The van der Waals surface area contributed by atoms with Crippen LogP contribution in [0.5, 0.6) is 11.5 Å². The zero-order chi connectivity index (χ0) is 18.7. The number of carbonyl (C=O) groups is 1. The molecule has 0 aromatic heterocycles. The maximum Gasteiger partial charge on any atom is 0.407 e. The molecule has 0 bridgehead atoms. The second kappa shape index (κ2) is 10.8. The lowest BCUT2D eigenvalue weighted by molar-refractivity contribution is 0.0498. The zero-order valence-electron chi connectivity index (χ0n) is 16.0. The fraction of sp³-hybridized carbons (Fsp3) is 0.632. The second-order valence-corrected chi connectivity index (χ2v) is 6.69. The van der Waals surface area contributed by atoms with Gasteiger partial charge in [0.25, 0.3) is 0 Å². The summed E-state index contributed by atoms with van der Waals surface area (Å²) in [7, 11) is 3.27. The number of hydrogen-bond donors (Lipinski definition) is 1. The first-order chi connectivity index (χ1) is 11.9. The third kappa shape index (κ3) is 9.19. The van der Waals surface area contributed by atoms with Crippen molar-refractivity contribution < 1.29 is 23.7 Å². The summed E-state index contributed by atoms with van der Waals surface area (Å²) in [5.41, 5.74) is 0.735. The Labute approximate surface area is 150 Å². The van der Waals surface area contributed by atoms with Crippen LogP contribution in [0.3, 0.4) is 0 Å². The van der Waals surface area contributed by atoms with Gasteiger partial charge in [-0.05, 0) is 57.7 Å². The molecule has 1 aromatic rings. The number of hydrogen-bond acceptors (Lipinski definition) is 5. The van der Waals surface area contributed by atoms with Crippen LogP contribution in [0.2, 0.25) is 0 Å². The lowest BCUT2D eigenvalue weighted by atomic mass is 10.1. The first-order valence-corrected chi connectivity index (χ1v) is 8.61. The summed E-state index contributed by atoms with van der Waals surface area (Å²) in [5.74, 6) is 1.50. The SMILES string of the molecule is COc1ccc(CCCCOCCNC(=O)OC(C)(C)C)cc1OC. The molecule has 0 unspecified atom stereocenters. The number of unbranched alkanes of at least 4 members (excludes halogenated alkanes) is 1. The average molecular weight is 353 g/mol. The minimum atomic E-state index is -0.477. The highest BCUT2D eigenvalue weighted by molar-refractivity contribution is 5.67. The Morgan fingerprint density at radius 1 is 1.04 bits per heavy atom. The van der Waals surface area contributed by atoms with Gasteiger partial charge < -0.3 is 24.3 Å².